The Hall–Kier alpha value is -3.46. The first-order chi connectivity index (χ1) is 20.3. The number of carbonyl (C=O) groups is 3. The van der Waals surface area contributed by atoms with Gasteiger partial charge in [0.25, 0.3) is 5.91 Å². The molecule has 8 nitrogen and oxygen atoms in total. The maximum absolute atomic E-state index is 14.6. The Bertz CT molecular complexity index is 1350. The molecule has 3 fully saturated rings. The summed E-state index contributed by atoms with van der Waals surface area (Å²) in [4.78, 5) is 48.0. The van der Waals surface area contributed by atoms with E-state index in [1.165, 1.54) is 9.80 Å². The van der Waals surface area contributed by atoms with E-state index in [2.05, 4.69) is 13.2 Å². The number of hydrogen-bond acceptors (Lipinski definition) is 5. The van der Waals surface area contributed by atoms with Gasteiger partial charge in [-0.3, -0.25) is 14.4 Å². The number of carbonyl (C=O) groups excluding carboxylic acids is 3. The van der Waals surface area contributed by atoms with Crippen molar-refractivity contribution in [2.24, 2.45) is 11.8 Å². The second-order valence-corrected chi connectivity index (χ2v) is 11.6. The van der Waals surface area contributed by atoms with Crippen LogP contribution in [0.2, 0.25) is 5.02 Å². The van der Waals surface area contributed by atoms with E-state index in [1.807, 2.05) is 37.3 Å². The number of nitrogens with zero attached hydrogens (tertiary/aromatic N) is 3. The van der Waals surface area contributed by atoms with Gasteiger partial charge in [0.15, 0.2) is 0 Å². The van der Waals surface area contributed by atoms with Crippen LogP contribution in [-0.4, -0.2) is 76.1 Å². The molecule has 1 spiro atoms. The van der Waals surface area contributed by atoms with Gasteiger partial charge in [0.05, 0.1) is 41.3 Å². The van der Waals surface area contributed by atoms with E-state index in [1.54, 1.807) is 41.3 Å². The van der Waals surface area contributed by atoms with Crippen molar-refractivity contribution in [1.29, 1.82) is 0 Å². The molecule has 1 N–H and O–H groups in total. The van der Waals surface area contributed by atoms with Crippen LogP contribution >= 0.6 is 11.6 Å². The SMILES string of the molecule is C=CCN(Cc1ccccc1)C(=O)[C@@H]1[C@H]2C(=O)N([C@@H](CC)CO)C(C(=O)N(CC=C)c3ccccc3Cl)C23CC[C@H]1O3. The van der Waals surface area contributed by atoms with Crippen molar-refractivity contribution in [2.75, 3.05) is 24.6 Å². The minimum absolute atomic E-state index is 0.160. The number of amides is 3. The molecule has 9 heteroatoms. The van der Waals surface area contributed by atoms with Gasteiger partial charge in [0, 0.05) is 19.6 Å². The summed E-state index contributed by atoms with van der Waals surface area (Å²) in [5.74, 6) is -2.49. The molecule has 3 aliphatic heterocycles. The molecule has 0 saturated carbocycles. The highest BCUT2D eigenvalue weighted by molar-refractivity contribution is 6.34. The standard InChI is InChI=1S/C33H38ClN3O5/c1-4-18-35(20-22-12-8-7-9-13-22)30(39)27-26-16-17-33(42-26)28(27)31(40)37(23(6-3)21-38)29(33)32(41)36(19-5-2)25-15-11-10-14-24(25)34/h4-5,7-15,23,26-29,38H,1-2,6,16-21H2,3H3/t23-,26+,27-,28-,29?,33?/m0/s1. The van der Waals surface area contributed by atoms with Gasteiger partial charge in [-0.1, -0.05) is 73.1 Å². The molecule has 222 valence electrons. The van der Waals surface area contributed by atoms with Gasteiger partial charge >= 0.3 is 0 Å². The number of aliphatic hydroxyl groups excluding tert-OH is 1. The average molecular weight is 592 g/mol. The number of para-hydroxylation sites is 1. The van der Waals surface area contributed by atoms with Crippen LogP contribution in [0.1, 0.15) is 31.7 Å². The summed E-state index contributed by atoms with van der Waals surface area (Å²) in [6.07, 6.45) is 4.23. The Kier molecular flexibility index (Phi) is 8.87. The summed E-state index contributed by atoms with van der Waals surface area (Å²) in [5, 5.41) is 10.7. The zero-order valence-electron chi connectivity index (χ0n) is 23.9. The summed E-state index contributed by atoms with van der Waals surface area (Å²) >= 11 is 6.53. The molecule has 6 atom stereocenters. The number of ether oxygens (including phenoxy) is 1. The van der Waals surface area contributed by atoms with Gasteiger partial charge in [-0.05, 0) is 37.0 Å². The van der Waals surface area contributed by atoms with E-state index < -0.39 is 35.6 Å². The molecule has 3 amide bonds. The molecule has 2 bridgehead atoms. The number of benzene rings is 2. The number of rotatable bonds is 12. The lowest BCUT2D eigenvalue weighted by molar-refractivity contribution is -0.147. The maximum atomic E-state index is 14.6. The topological polar surface area (TPSA) is 90.4 Å². The highest BCUT2D eigenvalue weighted by atomic mass is 35.5. The summed E-state index contributed by atoms with van der Waals surface area (Å²) in [5.41, 5.74) is 0.258. The Balaban J connectivity index is 1.56. The van der Waals surface area contributed by atoms with Crippen LogP contribution in [0.5, 0.6) is 0 Å². The number of hydrogen-bond donors (Lipinski definition) is 1. The van der Waals surface area contributed by atoms with E-state index in [-0.39, 0.29) is 30.9 Å². The molecule has 0 radical (unpaired) electrons. The van der Waals surface area contributed by atoms with Crippen LogP contribution < -0.4 is 4.90 Å². The molecule has 3 aliphatic rings. The van der Waals surface area contributed by atoms with E-state index in [9.17, 15) is 19.5 Å². The first-order valence-corrected chi connectivity index (χ1v) is 14.9. The molecular weight excluding hydrogens is 554 g/mol. The third-order valence-corrected chi connectivity index (χ3v) is 9.25. The number of halogens is 1. The first-order valence-electron chi connectivity index (χ1n) is 14.5. The monoisotopic (exact) mass is 591 g/mol. The summed E-state index contributed by atoms with van der Waals surface area (Å²) in [6, 6.07) is 15.0. The van der Waals surface area contributed by atoms with E-state index in [0.29, 0.717) is 43.1 Å². The molecule has 42 heavy (non-hydrogen) atoms. The number of fused-ring (bicyclic) bond motifs is 1. The fourth-order valence-electron chi connectivity index (χ4n) is 7.12. The fourth-order valence-corrected chi connectivity index (χ4v) is 7.35. The molecule has 2 aromatic rings. The highest BCUT2D eigenvalue weighted by Gasteiger charge is 2.75. The van der Waals surface area contributed by atoms with Crippen molar-refractivity contribution in [2.45, 2.75) is 56.5 Å². The predicted molar refractivity (Wildman–Crippen MR) is 162 cm³/mol. The van der Waals surface area contributed by atoms with Gasteiger partial charge in [-0.15, -0.1) is 13.2 Å². The van der Waals surface area contributed by atoms with E-state index >= 15 is 0 Å². The molecule has 0 aliphatic carbocycles. The number of anilines is 1. The lowest BCUT2D eigenvalue weighted by Gasteiger charge is -2.39. The third kappa shape index (κ3) is 4.95. The molecule has 3 saturated heterocycles. The molecule has 2 unspecified atom stereocenters. The summed E-state index contributed by atoms with van der Waals surface area (Å²) < 4.78 is 6.64. The zero-order chi connectivity index (χ0) is 30.0. The number of aliphatic hydroxyl groups is 1. The second-order valence-electron chi connectivity index (χ2n) is 11.2. The van der Waals surface area contributed by atoms with Gasteiger partial charge in [0.1, 0.15) is 11.6 Å². The largest absolute Gasteiger partial charge is 0.394 e. The minimum Gasteiger partial charge on any atom is -0.394 e. The summed E-state index contributed by atoms with van der Waals surface area (Å²) in [6.45, 7) is 10.1. The fraction of sp³-hybridized carbons (Fsp3) is 0.424. The molecule has 5 rings (SSSR count). The molecule has 0 aromatic heterocycles. The number of likely N-dealkylation sites (tertiary alicyclic amines) is 1. The van der Waals surface area contributed by atoms with Crippen LogP contribution in [0, 0.1) is 11.8 Å². The predicted octanol–water partition coefficient (Wildman–Crippen LogP) is 4.22. The quantitative estimate of drug-likeness (QED) is 0.373. The third-order valence-electron chi connectivity index (χ3n) is 8.93. The lowest BCUT2D eigenvalue weighted by Crippen LogP contribution is -2.59. The van der Waals surface area contributed by atoms with Crippen LogP contribution in [-0.2, 0) is 25.7 Å². The van der Waals surface area contributed by atoms with E-state index in [4.69, 9.17) is 16.3 Å². The van der Waals surface area contributed by atoms with Gasteiger partial charge in [-0.2, -0.15) is 0 Å². The van der Waals surface area contributed by atoms with Crippen molar-refractivity contribution < 1.29 is 24.2 Å². The van der Waals surface area contributed by atoms with E-state index in [0.717, 1.165) is 5.56 Å². The Labute approximate surface area is 252 Å². The second kappa shape index (κ2) is 12.4. The molecule has 2 aromatic carbocycles. The van der Waals surface area contributed by atoms with Crippen molar-refractivity contribution >= 4 is 35.0 Å². The van der Waals surface area contributed by atoms with Crippen LogP contribution in [0.15, 0.2) is 79.9 Å². The van der Waals surface area contributed by atoms with Crippen LogP contribution in [0.4, 0.5) is 5.69 Å². The summed E-state index contributed by atoms with van der Waals surface area (Å²) in [7, 11) is 0. The van der Waals surface area contributed by atoms with Crippen LogP contribution in [0.3, 0.4) is 0 Å². The Morgan fingerprint density at radius 3 is 2.45 bits per heavy atom. The van der Waals surface area contributed by atoms with Gasteiger partial charge in [0.2, 0.25) is 11.8 Å². The Morgan fingerprint density at radius 1 is 1.12 bits per heavy atom. The smallest absolute Gasteiger partial charge is 0.253 e. The lowest BCUT2D eigenvalue weighted by atomic mass is 9.70. The van der Waals surface area contributed by atoms with Gasteiger partial charge in [-0.25, -0.2) is 0 Å². The van der Waals surface area contributed by atoms with Crippen molar-refractivity contribution in [1.82, 2.24) is 9.80 Å². The Morgan fingerprint density at radius 2 is 1.81 bits per heavy atom. The van der Waals surface area contributed by atoms with Crippen molar-refractivity contribution in [3.63, 3.8) is 0 Å². The van der Waals surface area contributed by atoms with Crippen molar-refractivity contribution in [3.8, 4) is 0 Å². The maximum Gasteiger partial charge on any atom is 0.253 e. The van der Waals surface area contributed by atoms with Crippen LogP contribution in [0.25, 0.3) is 0 Å². The zero-order valence-corrected chi connectivity index (χ0v) is 24.7. The first kappa shape index (κ1) is 30.0. The molecular formula is C33H38ClN3O5. The van der Waals surface area contributed by atoms with Gasteiger partial charge < -0.3 is 24.5 Å². The average Bonchev–Trinajstić information content (AvgIpc) is 3.64. The minimum atomic E-state index is -1.20. The van der Waals surface area contributed by atoms with Crippen molar-refractivity contribution in [3.05, 3.63) is 90.5 Å². The molecule has 3 heterocycles. The highest BCUT2D eigenvalue weighted by Crippen LogP contribution is 2.59. The normalized spacial score (nSPS) is 26.5.